The number of hydrogen-bond acceptors (Lipinski definition) is 1. The average molecular weight is 173 g/mol. The van der Waals surface area contributed by atoms with E-state index >= 15 is 0 Å². The minimum absolute atomic E-state index is 0.0903. The van der Waals surface area contributed by atoms with Crippen molar-refractivity contribution in [2.45, 2.75) is 11.8 Å². The van der Waals surface area contributed by atoms with Crippen LogP contribution in [0.4, 0.5) is 0 Å². The van der Waals surface area contributed by atoms with Crippen LogP contribution in [0.3, 0.4) is 0 Å². The summed E-state index contributed by atoms with van der Waals surface area (Å²) in [6, 6.07) is 0. The van der Waals surface area contributed by atoms with Gasteiger partial charge in [-0.15, -0.1) is 11.6 Å². The molecule has 0 radical (unpaired) electrons. The van der Waals surface area contributed by atoms with Crippen molar-refractivity contribution in [2.24, 2.45) is 29.6 Å². The van der Waals surface area contributed by atoms with Crippen molar-refractivity contribution in [3.8, 4) is 0 Å². The Labute approximate surface area is 69.5 Å². The standard InChI is InChI=1S/C8H9ClO2/c9-7-3-1-2-4(5(2)7)6(3)8(10)11/h2-7H,1H2,(H,10,11)/t2-,3+,4-,5-,6+,7-/m1/s1. The molecule has 0 spiro atoms. The summed E-state index contributed by atoms with van der Waals surface area (Å²) in [5.41, 5.74) is 0. The normalized spacial score (nSPS) is 63.4. The van der Waals surface area contributed by atoms with Crippen LogP contribution in [0.1, 0.15) is 6.42 Å². The fraction of sp³-hybridized carbons (Fsp3) is 0.875. The Hall–Kier alpha value is -0.240. The molecule has 1 N–H and O–H groups in total. The molecule has 0 aromatic heterocycles. The van der Waals surface area contributed by atoms with Gasteiger partial charge < -0.3 is 5.11 Å². The first-order valence-electron chi connectivity index (χ1n) is 4.08. The van der Waals surface area contributed by atoms with Crippen LogP contribution in [0.5, 0.6) is 0 Å². The molecule has 11 heavy (non-hydrogen) atoms. The third kappa shape index (κ3) is 0.516. The zero-order chi connectivity index (χ0) is 7.75. The van der Waals surface area contributed by atoms with Gasteiger partial charge in [-0.05, 0) is 30.1 Å². The zero-order valence-electron chi connectivity index (χ0n) is 5.90. The number of carboxylic acid groups (broad SMARTS) is 1. The van der Waals surface area contributed by atoms with Crippen LogP contribution in [0, 0.1) is 29.6 Å². The van der Waals surface area contributed by atoms with Crippen LogP contribution in [0.15, 0.2) is 0 Å². The van der Waals surface area contributed by atoms with E-state index in [2.05, 4.69) is 0 Å². The highest BCUT2D eigenvalue weighted by atomic mass is 35.5. The monoisotopic (exact) mass is 172 g/mol. The molecule has 4 rings (SSSR count). The van der Waals surface area contributed by atoms with Gasteiger partial charge in [-0.25, -0.2) is 0 Å². The van der Waals surface area contributed by atoms with Crippen molar-refractivity contribution in [1.82, 2.24) is 0 Å². The van der Waals surface area contributed by atoms with Gasteiger partial charge in [-0.2, -0.15) is 0 Å². The van der Waals surface area contributed by atoms with E-state index in [1.165, 1.54) is 0 Å². The van der Waals surface area contributed by atoms with Crippen LogP contribution in [0.25, 0.3) is 0 Å². The molecule has 0 aromatic carbocycles. The van der Waals surface area contributed by atoms with Gasteiger partial charge in [0.1, 0.15) is 0 Å². The molecule has 0 amide bonds. The molecule has 3 heteroatoms. The first-order valence-corrected chi connectivity index (χ1v) is 4.52. The van der Waals surface area contributed by atoms with Crippen LogP contribution in [0.2, 0.25) is 0 Å². The van der Waals surface area contributed by atoms with Gasteiger partial charge in [0.15, 0.2) is 0 Å². The molecule has 4 bridgehead atoms. The summed E-state index contributed by atoms with van der Waals surface area (Å²) in [5, 5.41) is 9.05. The molecule has 0 saturated heterocycles. The number of hydrogen-bond donors (Lipinski definition) is 1. The summed E-state index contributed by atoms with van der Waals surface area (Å²) in [6.07, 6.45) is 1.08. The molecular weight excluding hydrogens is 164 g/mol. The summed E-state index contributed by atoms with van der Waals surface area (Å²) >= 11 is 6.07. The van der Waals surface area contributed by atoms with E-state index in [9.17, 15) is 4.79 Å². The Morgan fingerprint density at radius 2 is 2.09 bits per heavy atom. The second-order valence-electron chi connectivity index (χ2n) is 4.03. The lowest BCUT2D eigenvalue weighted by atomic mass is 9.99. The fourth-order valence-electron chi connectivity index (χ4n) is 3.40. The molecule has 60 valence electrons. The van der Waals surface area contributed by atoms with Crippen molar-refractivity contribution in [2.75, 3.05) is 0 Å². The predicted octanol–water partition coefficient (Wildman–Crippen LogP) is 1.19. The SMILES string of the molecule is O=C(O)[C@H]1[C@@H]2C[C@H]3[C@@H]([C@@H]2Cl)[C@@H]31. The van der Waals surface area contributed by atoms with Crippen molar-refractivity contribution in [1.29, 1.82) is 0 Å². The van der Waals surface area contributed by atoms with E-state index in [1.54, 1.807) is 0 Å². The zero-order valence-corrected chi connectivity index (χ0v) is 6.66. The fourth-order valence-corrected chi connectivity index (χ4v) is 4.02. The predicted molar refractivity (Wildman–Crippen MR) is 39.3 cm³/mol. The first-order chi connectivity index (χ1) is 5.22. The average Bonchev–Trinajstić information content (AvgIpc) is 2.33. The number of aliphatic carboxylic acids is 1. The largest absolute Gasteiger partial charge is 0.481 e. The van der Waals surface area contributed by atoms with E-state index in [1.807, 2.05) is 0 Å². The molecule has 4 aliphatic rings. The van der Waals surface area contributed by atoms with E-state index in [-0.39, 0.29) is 11.3 Å². The lowest BCUT2D eigenvalue weighted by Crippen LogP contribution is -2.20. The maximum atomic E-state index is 10.8. The van der Waals surface area contributed by atoms with E-state index in [4.69, 9.17) is 16.7 Å². The van der Waals surface area contributed by atoms with E-state index in [0.29, 0.717) is 23.7 Å². The molecule has 0 aromatic rings. The minimum atomic E-state index is -0.617. The maximum Gasteiger partial charge on any atom is 0.307 e. The lowest BCUT2D eigenvalue weighted by molar-refractivity contribution is -0.143. The molecule has 0 unspecified atom stereocenters. The van der Waals surface area contributed by atoms with Gasteiger partial charge >= 0.3 is 5.97 Å². The molecule has 4 saturated carbocycles. The summed E-state index contributed by atoms with van der Waals surface area (Å²) in [7, 11) is 0. The maximum absolute atomic E-state index is 10.8. The minimum Gasteiger partial charge on any atom is -0.481 e. The third-order valence-corrected chi connectivity index (χ3v) is 4.39. The van der Waals surface area contributed by atoms with Crippen molar-refractivity contribution in [3.63, 3.8) is 0 Å². The van der Waals surface area contributed by atoms with E-state index in [0.717, 1.165) is 6.42 Å². The Balaban J connectivity index is 1.97. The summed E-state index contributed by atoms with van der Waals surface area (Å²) in [5.74, 6) is 1.31. The van der Waals surface area contributed by atoms with Gasteiger partial charge in [0.25, 0.3) is 0 Å². The van der Waals surface area contributed by atoms with Gasteiger partial charge in [-0.3, -0.25) is 4.79 Å². The molecule has 4 fully saturated rings. The van der Waals surface area contributed by atoms with Gasteiger partial charge in [0.05, 0.1) is 5.92 Å². The Kier molecular flexibility index (Phi) is 0.905. The molecule has 0 heterocycles. The molecule has 0 aliphatic heterocycles. The second-order valence-corrected chi connectivity index (χ2v) is 4.53. The second kappa shape index (κ2) is 1.58. The Morgan fingerprint density at radius 3 is 2.27 bits per heavy atom. The van der Waals surface area contributed by atoms with Crippen LogP contribution < -0.4 is 0 Å². The third-order valence-electron chi connectivity index (χ3n) is 3.77. The van der Waals surface area contributed by atoms with Gasteiger partial charge in [-0.1, -0.05) is 0 Å². The van der Waals surface area contributed by atoms with Crippen molar-refractivity contribution < 1.29 is 9.90 Å². The summed E-state index contributed by atoms with van der Waals surface area (Å²) in [4.78, 5) is 10.8. The number of alkyl halides is 1. The quantitative estimate of drug-likeness (QED) is 0.604. The topological polar surface area (TPSA) is 37.3 Å². The van der Waals surface area contributed by atoms with Crippen LogP contribution >= 0.6 is 11.6 Å². The molecule has 6 atom stereocenters. The first kappa shape index (κ1) is 6.30. The van der Waals surface area contributed by atoms with E-state index < -0.39 is 5.97 Å². The Bertz CT molecular complexity index is 240. The number of carbonyl (C=O) groups is 1. The highest BCUT2D eigenvalue weighted by molar-refractivity contribution is 6.22. The number of rotatable bonds is 1. The molecular formula is C8H9ClO2. The van der Waals surface area contributed by atoms with Crippen molar-refractivity contribution in [3.05, 3.63) is 0 Å². The highest BCUT2D eigenvalue weighted by Gasteiger charge is 2.74. The van der Waals surface area contributed by atoms with Crippen LogP contribution in [-0.2, 0) is 4.79 Å². The highest BCUT2D eigenvalue weighted by Crippen LogP contribution is 2.74. The number of carboxylic acids is 1. The van der Waals surface area contributed by atoms with Crippen LogP contribution in [-0.4, -0.2) is 16.5 Å². The van der Waals surface area contributed by atoms with Gasteiger partial charge in [0, 0.05) is 5.38 Å². The Morgan fingerprint density at radius 1 is 1.36 bits per heavy atom. The smallest absolute Gasteiger partial charge is 0.307 e. The van der Waals surface area contributed by atoms with Crippen molar-refractivity contribution >= 4 is 17.6 Å². The molecule has 2 nitrogen and oxygen atoms in total. The number of halogens is 1. The summed E-state index contributed by atoms with van der Waals surface area (Å²) < 4.78 is 0. The lowest BCUT2D eigenvalue weighted by Gasteiger charge is -2.10. The molecule has 4 aliphatic carbocycles. The summed E-state index contributed by atoms with van der Waals surface area (Å²) in [6.45, 7) is 0. The van der Waals surface area contributed by atoms with Gasteiger partial charge in [0.2, 0.25) is 0 Å².